The summed E-state index contributed by atoms with van der Waals surface area (Å²) in [5.74, 6) is -0.414. The highest BCUT2D eigenvalue weighted by Gasteiger charge is 2.18. The second kappa shape index (κ2) is 2.49. The van der Waals surface area contributed by atoms with E-state index in [-0.39, 0.29) is 5.54 Å². The first-order chi connectivity index (χ1) is 5.01. The standard InChI is InChI=1S/C8H12N2O/c1-8(2)5-3-4-6(10-8)7(9)11/h3,5H,4H2,1-2H3,(H2,9,11). The minimum Gasteiger partial charge on any atom is -0.365 e. The van der Waals surface area contributed by atoms with Gasteiger partial charge in [-0.05, 0) is 13.8 Å². The Labute approximate surface area is 66.0 Å². The number of nitrogens with two attached hydrogens (primary N) is 1. The highest BCUT2D eigenvalue weighted by atomic mass is 16.1. The smallest absolute Gasteiger partial charge is 0.262 e. The molecule has 0 aromatic rings. The zero-order valence-electron chi connectivity index (χ0n) is 6.79. The molecule has 0 aliphatic carbocycles. The highest BCUT2D eigenvalue weighted by molar-refractivity contribution is 6.38. The summed E-state index contributed by atoms with van der Waals surface area (Å²) in [6.07, 6.45) is 4.46. The number of hydrogen-bond donors (Lipinski definition) is 1. The largest absolute Gasteiger partial charge is 0.365 e. The lowest BCUT2D eigenvalue weighted by molar-refractivity contribution is -0.112. The lowest BCUT2D eigenvalue weighted by Gasteiger charge is -2.19. The number of carbonyl (C=O) groups is 1. The number of carbonyl (C=O) groups excluding carboxylic acids is 1. The minimum atomic E-state index is -0.414. The van der Waals surface area contributed by atoms with E-state index in [1.165, 1.54) is 0 Å². The molecule has 11 heavy (non-hydrogen) atoms. The van der Waals surface area contributed by atoms with Crippen LogP contribution in [-0.4, -0.2) is 17.2 Å². The summed E-state index contributed by atoms with van der Waals surface area (Å²) < 4.78 is 0. The third kappa shape index (κ3) is 1.90. The van der Waals surface area contributed by atoms with Gasteiger partial charge in [0.2, 0.25) is 0 Å². The average Bonchev–Trinajstić information content (AvgIpc) is 1.85. The van der Waals surface area contributed by atoms with E-state index in [4.69, 9.17) is 5.73 Å². The molecule has 0 fully saturated rings. The molecule has 0 aromatic heterocycles. The minimum absolute atomic E-state index is 0.261. The van der Waals surface area contributed by atoms with Gasteiger partial charge in [0.05, 0.1) is 5.54 Å². The van der Waals surface area contributed by atoms with Gasteiger partial charge in [-0.3, -0.25) is 9.79 Å². The Balaban J connectivity index is 2.86. The molecule has 0 atom stereocenters. The number of allylic oxidation sites excluding steroid dienone is 1. The van der Waals surface area contributed by atoms with Crippen molar-refractivity contribution in [1.29, 1.82) is 0 Å². The third-order valence-electron chi connectivity index (χ3n) is 1.54. The molecule has 1 aliphatic heterocycles. The molecule has 0 radical (unpaired) electrons. The number of nitrogens with zero attached hydrogens (tertiary/aromatic N) is 1. The average molecular weight is 152 g/mol. The van der Waals surface area contributed by atoms with Crippen LogP contribution in [0.1, 0.15) is 20.3 Å². The van der Waals surface area contributed by atoms with Crippen molar-refractivity contribution in [3.63, 3.8) is 0 Å². The van der Waals surface area contributed by atoms with E-state index >= 15 is 0 Å². The van der Waals surface area contributed by atoms with Gasteiger partial charge in [0, 0.05) is 6.42 Å². The monoisotopic (exact) mass is 152 g/mol. The fourth-order valence-corrected chi connectivity index (χ4v) is 1.05. The summed E-state index contributed by atoms with van der Waals surface area (Å²) in [4.78, 5) is 14.9. The molecule has 60 valence electrons. The van der Waals surface area contributed by atoms with Crippen LogP contribution in [0.4, 0.5) is 0 Å². The number of amides is 1. The van der Waals surface area contributed by atoms with Gasteiger partial charge in [0.25, 0.3) is 5.91 Å². The number of primary amides is 1. The Hall–Kier alpha value is -1.12. The lowest BCUT2D eigenvalue weighted by atomic mass is 10.0. The van der Waals surface area contributed by atoms with E-state index in [0.717, 1.165) is 0 Å². The predicted molar refractivity (Wildman–Crippen MR) is 44.5 cm³/mol. The highest BCUT2D eigenvalue weighted by Crippen LogP contribution is 2.16. The summed E-state index contributed by atoms with van der Waals surface area (Å²) in [6, 6.07) is 0. The van der Waals surface area contributed by atoms with Crippen LogP contribution >= 0.6 is 0 Å². The maximum atomic E-state index is 10.7. The van der Waals surface area contributed by atoms with Crippen LogP contribution in [-0.2, 0) is 4.79 Å². The summed E-state index contributed by atoms with van der Waals surface area (Å²) in [5, 5.41) is 0. The molecule has 0 bridgehead atoms. The molecule has 3 heteroatoms. The normalized spacial score (nSPS) is 21.1. The summed E-state index contributed by atoms with van der Waals surface area (Å²) in [6.45, 7) is 3.87. The molecule has 0 unspecified atom stereocenters. The van der Waals surface area contributed by atoms with Crippen LogP contribution < -0.4 is 5.73 Å². The second-order valence-electron chi connectivity index (χ2n) is 3.18. The molecule has 1 amide bonds. The van der Waals surface area contributed by atoms with E-state index in [1.54, 1.807) is 0 Å². The van der Waals surface area contributed by atoms with E-state index in [9.17, 15) is 4.79 Å². The van der Waals surface area contributed by atoms with Gasteiger partial charge in [-0.2, -0.15) is 0 Å². The molecule has 3 nitrogen and oxygen atoms in total. The van der Waals surface area contributed by atoms with Crippen molar-refractivity contribution in [3.8, 4) is 0 Å². The van der Waals surface area contributed by atoms with E-state index in [0.29, 0.717) is 12.1 Å². The number of dihydropyridines is 1. The Morgan fingerprint density at radius 1 is 1.73 bits per heavy atom. The van der Waals surface area contributed by atoms with Crippen molar-refractivity contribution >= 4 is 11.6 Å². The van der Waals surface area contributed by atoms with Crippen LogP contribution in [0.15, 0.2) is 17.1 Å². The zero-order chi connectivity index (χ0) is 8.48. The summed E-state index contributed by atoms with van der Waals surface area (Å²) in [5.41, 5.74) is 5.29. The first-order valence-electron chi connectivity index (χ1n) is 3.57. The van der Waals surface area contributed by atoms with Gasteiger partial charge in [-0.25, -0.2) is 0 Å². The summed E-state index contributed by atoms with van der Waals surface area (Å²) >= 11 is 0. The maximum Gasteiger partial charge on any atom is 0.262 e. The van der Waals surface area contributed by atoms with Crippen LogP contribution in [0.25, 0.3) is 0 Å². The van der Waals surface area contributed by atoms with Crippen LogP contribution in [0, 0.1) is 0 Å². The van der Waals surface area contributed by atoms with Crippen molar-refractivity contribution in [1.82, 2.24) is 0 Å². The van der Waals surface area contributed by atoms with Crippen molar-refractivity contribution in [3.05, 3.63) is 12.2 Å². The quantitative estimate of drug-likeness (QED) is 0.551. The second-order valence-corrected chi connectivity index (χ2v) is 3.18. The van der Waals surface area contributed by atoms with Gasteiger partial charge in [-0.15, -0.1) is 0 Å². The van der Waals surface area contributed by atoms with Crippen molar-refractivity contribution in [2.24, 2.45) is 10.7 Å². The van der Waals surface area contributed by atoms with E-state index < -0.39 is 5.91 Å². The van der Waals surface area contributed by atoms with Crippen LogP contribution in [0.2, 0.25) is 0 Å². The van der Waals surface area contributed by atoms with Crippen LogP contribution in [0.3, 0.4) is 0 Å². The van der Waals surface area contributed by atoms with Gasteiger partial charge in [0.15, 0.2) is 0 Å². The lowest BCUT2D eigenvalue weighted by Crippen LogP contribution is -2.29. The van der Waals surface area contributed by atoms with Gasteiger partial charge in [-0.1, -0.05) is 12.2 Å². The molecule has 2 N–H and O–H groups in total. The molecular weight excluding hydrogens is 140 g/mol. The third-order valence-corrected chi connectivity index (χ3v) is 1.54. The van der Waals surface area contributed by atoms with Crippen molar-refractivity contribution in [2.45, 2.75) is 25.8 Å². The van der Waals surface area contributed by atoms with Crippen LogP contribution in [0.5, 0.6) is 0 Å². The van der Waals surface area contributed by atoms with Crippen molar-refractivity contribution in [2.75, 3.05) is 0 Å². The SMILES string of the molecule is CC1(C)C=CCC(C(N)=O)=N1. The molecular formula is C8H12N2O. The molecule has 1 rings (SSSR count). The number of hydrogen-bond acceptors (Lipinski definition) is 2. The fourth-order valence-electron chi connectivity index (χ4n) is 1.05. The van der Waals surface area contributed by atoms with Gasteiger partial charge < -0.3 is 5.73 Å². The predicted octanol–water partition coefficient (Wildman–Crippen LogP) is 0.651. The Morgan fingerprint density at radius 3 is 2.73 bits per heavy atom. The molecule has 0 spiro atoms. The fraction of sp³-hybridized carbons (Fsp3) is 0.500. The zero-order valence-corrected chi connectivity index (χ0v) is 6.79. The Kier molecular flexibility index (Phi) is 1.81. The topological polar surface area (TPSA) is 55.5 Å². The molecule has 1 aliphatic rings. The Bertz CT molecular complexity index is 238. The van der Waals surface area contributed by atoms with E-state index in [1.807, 2.05) is 26.0 Å². The first kappa shape index (κ1) is 7.98. The number of rotatable bonds is 1. The number of aliphatic imine (C=N–C) groups is 1. The van der Waals surface area contributed by atoms with E-state index in [2.05, 4.69) is 4.99 Å². The molecule has 0 saturated heterocycles. The molecule has 0 aromatic carbocycles. The van der Waals surface area contributed by atoms with Gasteiger partial charge in [0.1, 0.15) is 5.71 Å². The maximum absolute atomic E-state index is 10.7. The van der Waals surface area contributed by atoms with Gasteiger partial charge >= 0.3 is 0 Å². The first-order valence-corrected chi connectivity index (χ1v) is 3.57. The molecule has 0 saturated carbocycles. The Morgan fingerprint density at radius 2 is 2.36 bits per heavy atom. The van der Waals surface area contributed by atoms with Crippen molar-refractivity contribution < 1.29 is 4.79 Å². The summed E-state index contributed by atoms with van der Waals surface area (Å²) in [7, 11) is 0. The molecule has 1 heterocycles.